The first-order valence-electron chi connectivity index (χ1n) is 5.34. The molecule has 3 heteroatoms. The fraction of sp³-hybridized carbons (Fsp3) is 0.500. The van der Waals surface area contributed by atoms with Crippen LogP contribution in [-0.4, -0.2) is 12.3 Å². The van der Waals surface area contributed by atoms with Crippen molar-refractivity contribution >= 4 is 27.7 Å². The zero-order valence-corrected chi connectivity index (χ0v) is 11.5. The van der Waals surface area contributed by atoms with Crippen molar-refractivity contribution in [2.75, 3.05) is 7.05 Å². The Morgan fingerprint density at radius 3 is 3.00 bits per heavy atom. The SMILES string of the molecule is CCC1SCc2c(Br)cccc2C1NC. The molecule has 1 aliphatic rings. The molecule has 1 aromatic carbocycles. The molecule has 15 heavy (non-hydrogen) atoms. The average molecular weight is 286 g/mol. The molecule has 2 unspecified atom stereocenters. The van der Waals surface area contributed by atoms with Gasteiger partial charge in [0.2, 0.25) is 0 Å². The van der Waals surface area contributed by atoms with E-state index in [1.165, 1.54) is 22.0 Å². The number of hydrogen-bond donors (Lipinski definition) is 1. The summed E-state index contributed by atoms with van der Waals surface area (Å²) in [6.45, 7) is 2.27. The van der Waals surface area contributed by atoms with Crippen LogP contribution in [0.2, 0.25) is 0 Å². The maximum absolute atomic E-state index is 3.64. The second-order valence-corrected chi connectivity index (χ2v) is 5.91. The van der Waals surface area contributed by atoms with E-state index < -0.39 is 0 Å². The third-order valence-corrected chi connectivity index (χ3v) is 5.25. The lowest BCUT2D eigenvalue weighted by atomic mass is 9.97. The van der Waals surface area contributed by atoms with Crippen LogP contribution in [-0.2, 0) is 5.75 Å². The summed E-state index contributed by atoms with van der Waals surface area (Å²) in [6.07, 6.45) is 1.22. The highest BCUT2D eigenvalue weighted by Gasteiger charge is 2.28. The highest BCUT2D eigenvalue weighted by atomic mass is 79.9. The van der Waals surface area contributed by atoms with Gasteiger partial charge in [-0.1, -0.05) is 35.0 Å². The van der Waals surface area contributed by atoms with Gasteiger partial charge in [-0.15, -0.1) is 0 Å². The second kappa shape index (κ2) is 4.89. The van der Waals surface area contributed by atoms with Gasteiger partial charge in [0.25, 0.3) is 0 Å². The minimum atomic E-state index is 0.501. The van der Waals surface area contributed by atoms with E-state index in [2.05, 4.69) is 65.2 Å². The predicted octanol–water partition coefficient (Wildman–Crippen LogP) is 3.74. The predicted molar refractivity (Wildman–Crippen MR) is 71.3 cm³/mol. The molecule has 0 spiro atoms. The molecule has 0 radical (unpaired) electrons. The number of rotatable bonds is 2. The van der Waals surface area contributed by atoms with E-state index in [0.717, 1.165) is 5.75 Å². The molecule has 2 rings (SSSR count). The number of hydrogen-bond acceptors (Lipinski definition) is 2. The molecular weight excluding hydrogens is 270 g/mol. The molecule has 0 aromatic heterocycles. The molecule has 1 aromatic rings. The molecule has 1 nitrogen and oxygen atoms in total. The Morgan fingerprint density at radius 2 is 2.33 bits per heavy atom. The zero-order chi connectivity index (χ0) is 10.8. The van der Waals surface area contributed by atoms with Gasteiger partial charge in [0, 0.05) is 21.5 Å². The fourth-order valence-electron chi connectivity index (χ4n) is 2.20. The van der Waals surface area contributed by atoms with E-state index >= 15 is 0 Å². The molecule has 0 amide bonds. The van der Waals surface area contributed by atoms with Crippen LogP contribution in [0.15, 0.2) is 22.7 Å². The van der Waals surface area contributed by atoms with Gasteiger partial charge in [-0.25, -0.2) is 0 Å². The highest BCUT2D eigenvalue weighted by molar-refractivity contribution is 9.10. The Labute approximate surface area is 104 Å². The monoisotopic (exact) mass is 285 g/mol. The summed E-state index contributed by atoms with van der Waals surface area (Å²) in [7, 11) is 2.06. The van der Waals surface area contributed by atoms with Gasteiger partial charge in [0.1, 0.15) is 0 Å². The highest BCUT2D eigenvalue weighted by Crippen LogP contribution is 2.41. The van der Waals surface area contributed by atoms with Gasteiger partial charge in [0.05, 0.1) is 0 Å². The van der Waals surface area contributed by atoms with Crippen LogP contribution in [0.25, 0.3) is 0 Å². The lowest BCUT2D eigenvalue weighted by Crippen LogP contribution is -2.30. The van der Waals surface area contributed by atoms with Crippen molar-refractivity contribution in [3.63, 3.8) is 0 Å². The van der Waals surface area contributed by atoms with E-state index in [-0.39, 0.29) is 0 Å². The Hall–Kier alpha value is 0.01000. The van der Waals surface area contributed by atoms with Crippen LogP contribution >= 0.6 is 27.7 Å². The van der Waals surface area contributed by atoms with E-state index in [1.807, 2.05) is 0 Å². The normalized spacial score (nSPS) is 25.0. The van der Waals surface area contributed by atoms with E-state index in [0.29, 0.717) is 11.3 Å². The van der Waals surface area contributed by atoms with Crippen LogP contribution in [0.1, 0.15) is 30.5 Å². The summed E-state index contributed by atoms with van der Waals surface area (Å²) in [5.74, 6) is 1.13. The van der Waals surface area contributed by atoms with Crippen LogP contribution in [0.4, 0.5) is 0 Å². The van der Waals surface area contributed by atoms with E-state index in [1.54, 1.807) is 0 Å². The Bertz CT molecular complexity index is 353. The topological polar surface area (TPSA) is 12.0 Å². The molecule has 2 atom stereocenters. The molecule has 0 fully saturated rings. The van der Waals surface area contributed by atoms with E-state index in [4.69, 9.17) is 0 Å². The summed E-state index contributed by atoms with van der Waals surface area (Å²) in [4.78, 5) is 0. The largest absolute Gasteiger partial charge is 0.312 e. The standard InChI is InChI=1S/C12H16BrNS/c1-3-11-12(14-2)8-5-4-6-10(13)9(8)7-15-11/h4-6,11-12,14H,3,7H2,1-2H3. The van der Waals surface area contributed by atoms with Crippen molar-refractivity contribution in [2.24, 2.45) is 0 Å². The van der Waals surface area contributed by atoms with Gasteiger partial charge in [0.15, 0.2) is 0 Å². The maximum Gasteiger partial charge on any atom is 0.0441 e. The first-order valence-corrected chi connectivity index (χ1v) is 7.18. The van der Waals surface area contributed by atoms with Crippen LogP contribution in [0.5, 0.6) is 0 Å². The smallest absolute Gasteiger partial charge is 0.0441 e. The van der Waals surface area contributed by atoms with Crippen molar-refractivity contribution in [3.8, 4) is 0 Å². The Kier molecular flexibility index (Phi) is 3.75. The van der Waals surface area contributed by atoms with Gasteiger partial charge in [-0.05, 0) is 30.7 Å². The summed E-state index contributed by atoms with van der Waals surface area (Å²) in [6, 6.07) is 7.03. The average Bonchev–Trinajstić information content (AvgIpc) is 2.28. The molecule has 1 heterocycles. The molecule has 0 saturated carbocycles. The third-order valence-electron chi connectivity index (χ3n) is 3.02. The number of nitrogens with one attached hydrogen (secondary N) is 1. The molecule has 0 bridgehead atoms. The van der Waals surface area contributed by atoms with Crippen molar-refractivity contribution in [1.82, 2.24) is 5.32 Å². The zero-order valence-electron chi connectivity index (χ0n) is 9.09. The first kappa shape index (κ1) is 11.5. The quantitative estimate of drug-likeness (QED) is 0.889. The Morgan fingerprint density at radius 1 is 1.53 bits per heavy atom. The van der Waals surface area contributed by atoms with Gasteiger partial charge < -0.3 is 5.32 Å². The molecule has 1 aliphatic heterocycles. The van der Waals surface area contributed by atoms with Crippen molar-refractivity contribution < 1.29 is 0 Å². The fourth-order valence-corrected chi connectivity index (χ4v) is 4.32. The summed E-state index contributed by atoms with van der Waals surface area (Å²) in [5, 5.41) is 4.15. The van der Waals surface area contributed by atoms with Crippen LogP contribution < -0.4 is 5.32 Å². The number of fused-ring (bicyclic) bond motifs is 1. The molecule has 0 aliphatic carbocycles. The third kappa shape index (κ3) is 2.10. The van der Waals surface area contributed by atoms with Gasteiger partial charge >= 0.3 is 0 Å². The maximum atomic E-state index is 3.64. The summed E-state index contributed by atoms with van der Waals surface area (Å²) in [5.41, 5.74) is 2.93. The molecular formula is C12H16BrNS. The number of thioether (sulfide) groups is 1. The minimum Gasteiger partial charge on any atom is -0.312 e. The molecule has 82 valence electrons. The van der Waals surface area contributed by atoms with Crippen molar-refractivity contribution in [1.29, 1.82) is 0 Å². The van der Waals surface area contributed by atoms with Crippen molar-refractivity contribution in [2.45, 2.75) is 30.4 Å². The molecule has 1 N–H and O–H groups in total. The van der Waals surface area contributed by atoms with Crippen LogP contribution in [0.3, 0.4) is 0 Å². The van der Waals surface area contributed by atoms with Gasteiger partial charge in [-0.3, -0.25) is 0 Å². The minimum absolute atomic E-state index is 0.501. The van der Waals surface area contributed by atoms with Crippen molar-refractivity contribution in [3.05, 3.63) is 33.8 Å². The summed E-state index contributed by atoms with van der Waals surface area (Å²) < 4.78 is 1.25. The van der Waals surface area contributed by atoms with Gasteiger partial charge in [-0.2, -0.15) is 11.8 Å². The van der Waals surface area contributed by atoms with Crippen LogP contribution in [0, 0.1) is 0 Å². The molecule has 0 saturated heterocycles. The second-order valence-electron chi connectivity index (χ2n) is 3.83. The lowest BCUT2D eigenvalue weighted by molar-refractivity contribution is 0.546. The van der Waals surface area contributed by atoms with E-state index in [9.17, 15) is 0 Å². The number of benzene rings is 1. The summed E-state index contributed by atoms with van der Waals surface area (Å²) >= 11 is 5.70. The lowest BCUT2D eigenvalue weighted by Gasteiger charge is -2.33. The number of halogens is 1. The Balaban J connectivity index is 2.41. The first-order chi connectivity index (χ1) is 7.27.